The van der Waals surface area contributed by atoms with Gasteiger partial charge in [-0.05, 0) is 86.9 Å². The molecule has 0 aromatic heterocycles. The number of esters is 2. The van der Waals surface area contributed by atoms with Gasteiger partial charge in [-0.2, -0.15) is 0 Å². The summed E-state index contributed by atoms with van der Waals surface area (Å²) in [5, 5.41) is 11.5. The highest BCUT2D eigenvalue weighted by Crippen LogP contribution is 2.45. The van der Waals surface area contributed by atoms with Crippen molar-refractivity contribution in [1.29, 1.82) is 0 Å². The Morgan fingerprint density at radius 1 is 1.07 bits per heavy atom. The van der Waals surface area contributed by atoms with E-state index in [4.69, 9.17) is 23.7 Å². The maximum absolute atomic E-state index is 14.6. The monoisotopic (exact) mass is 652 g/mol. The van der Waals surface area contributed by atoms with E-state index >= 15 is 0 Å². The van der Waals surface area contributed by atoms with Gasteiger partial charge in [0.05, 0.1) is 24.2 Å². The number of carbonyl (C=O) groups excluding carboxylic acids is 3. The Hall–Kier alpha value is -1.63. The van der Waals surface area contributed by atoms with Gasteiger partial charge in [-0.25, -0.2) is 0 Å². The summed E-state index contributed by atoms with van der Waals surface area (Å²) in [5.74, 6) is -2.17. The summed E-state index contributed by atoms with van der Waals surface area (Å²) in [6.45, 7) is 16.3. The van der Waals surface area contributed by atoms with E-state index in [0.29, 0.717) is 25.8 Å². The van der Waals surface area contributed by atoms with Crippen LogP contribution in [0.4, 0.5) is 0 Å². The fourth-order valence-corrected chi connectivity index (χ4v) is 8.74. The van der Waals surface area contributed by atoms with Crippen LogP contribution in [0.2, 0.25) is 0 Å². The SMILES string of the molecule is CCC1CC(N(C)C)C(O)[C@H](O[C@@H]2[C@@H](C)C(=O)C3(C)CCO[C@@]2(C)C[C@@H](C)CN(C)[C@H](C)[C@H]2CC(=O)O[C@]2(C)[C@@H](CC)OC3=O)O1. The first kappa shape index (κ1) is 37.2. The van der Waals surface area contributed by atoms with E-state index in [9.17, 15) is 19.5 Å². The molecule has 5 fully saturated rings. The zero-order valence-electron chi connectivity index (χ0n) is 30.0. The Morgan fingerprint density at radius 3 is 2.35 bits per heavy atom. The summed E-state index contributed by atoms with van der Waals surface area (Å²) in [6, 6.07) is -0.250. The average Bonchev–Trinajstić information content (AvgIpc) is 3.30. The molecule has 11 nitrogen and oxygen atoms in total. The van der Waals surface area contributed by atoms with Gasteiger partial charge in [-0.1, -0.05) is 27.7 Å². The minimum Gasteiger partial charge on any atom is -0.457 e. The Kier molecular flexibility index (Phi) is 11.4. The zero-order chi connectivity index (χ0) is 34.4. The molecule has 264 valence electrons. The number of ketones is 1. The van der Waals surface area contributed by atoms with Gasteiger partial charge in [0, 0.05) is 37.1 Å². The first-order valence-corrected chi connectivity index (χ1v) is 17.4. The fourth-order valence-electron chi connectivity index (χ4n) is 8.74. The second-order valence-electron chi connectivity index (χ2n) is 15.5. The van der Waals surface area contributed by atoms with Crippen molar-refractivity contribution in [1.82, 2.24) is 9.80 Å². The summed E-state index contributed by atoms with van der Waals surface area (Å²) < 4.78 is 32.0. The van der Waals surface area contributed by atoms with Crippen molar-refractivity contribution in [3.8, 4) is 0 Å². The summed E-state index contributed by atoms with van der Waals surface area (Å²) in [5.41, 5.74) is -3.51. The smallest absolute Gasteiger partial charge is 0.319 e. The van der Waals surface area contributed by atoms with Gasteiger partial charge in [0.1, 0.15) is 17.6 Å². The van der Waals surface area contributed by atoms with Crippen molar-refractivity contribution in [2.75, 3.05) is 34.3 Å². The highest BCUT2D eigenvalue weighted by molar-refractivity contribution is 6.04. The molecule has 0 saturated carbocycles. The second kappa shape index (κ2) is 14.1. The second-order valence-corrected chi connectivity index (χ2v) is 15.5. The number of carbonyl (C=O) groups is 3. The summed E-state index contributed by atoms with van der Waals surface area (Å²) in [7, 11) is 5.90. The zero-order valence-corrected chi connectivity index (χ0v) is 30.0. The lowest BCUT2D eigenvalue weighted by Crippen LogP contribution is -2.61. The van der Waals surface area contributed by atoms with E-state index in [1.165, 1.54) is 0 Å². The van der Waals surface area contributed by atoms with Crippen molar-refractivity contribution in [3.05, 3.63) is 0 Å². The van der Waals surface area contributed by atoms with Gasteiger partial charge in [-0.3, -0.25) is 14.4 Å². The van der Waals surface area contributed by atoms with Crippen molar-refractivity contribution >= 4 is 17.7 Å². The molecular weight excluding hydrogens is 592 g/mol. The molecule has 5 saturated heterocycles. The van der Waals surface area contributed by atoms with Crippen LogP contribution in [-0.4, -0.2) is 121 Å². The Morgan fingerprint density at radius 2 is 1.74 bits per heavy atom. The predicted molar refractivity (Wildman–Crippen MR) is 172 cm³/mol. The average molecular weight is 653 g/mol. The van der Waals surface area contributed by atoms with Crippen LogP contribution in [0.15, 0.2) is 0 Å². The molecule has 0 aromatic carbocycles. The van der Waals surface area contributed by atoms with Gasteiger partial charge in [0.15, 0.2) is 17.7 Å². The number of nitrogens with zero attached hydrogens (tertiary/aromatic N) is 2. The van der Waals surface area contributed by atoms with Crippen molar-refractivity contribution in [3.63, 3.8) is 0 Å². The molecule has 0 spiro atoms. The number of rotatable bonds is 5. The fraction of sp³-hybridized carbons (Fsp3) is 0.914. The van der Waals surface area contributed by atoms with Gasteiger partial charge in [0.2, 0.25) is 0 Å². The number of Topliss-reactive ketones (excluding diaryl/α,β-unsaturated/α-hetero) is 1. The highest BCUT2D eigenvalue weighted by Gasteiger charge is 2.58. The number of aliphatic hydroxyl groups excluding tert-OH is 1. The molecule has 5 aliphatic heterocycles. The number of ether oxygens (including phenoxy) is 5. The van der Waals surface area contributed by atoms with Gasteiger partial charge in [-0.15, -0.1) is 0 Å². The van der Waals surface area contributed by atoms with E-state index in [1.54, 1.807) is 13.8 Å². The van der Waals surface area contributed by atoms with E-state index in [2.05, 4.69) is 18.7 Å². The van der Waals surface area contributed by atoms with E-state index in [0.717, 1.165) is 6.42 Å². The molecule has 5 heterocycles. The van der Waals surface area contributed by atoms with E-state index in [1.807, 2.05) is 53.7 Å². The molecule has 46 heavy (non-hydrogen) atoms. The molecule has 2 bridgehead atoms. The van der Waals surface area contributed by atoms with Crippen LogP contribution in [0.5, 0.6) is 0 Å². The minimum absolute atomic E-state index is 0.0622. The van der Waals surface area contributed by atoms with Crippen molar-refractivity contribution < 1.29 is 43.2 Å². The van der Waals surface area contributed by atoms with Crippen LogP contribution < -0.4 is 0 Å². The lowest BCUT2D eigenvalue weighted by molar-refractivity contribution is -0.302. The normalized spacial score (nSPS) is 46.7. The molecule has 13 atom stereocenters. The number of likely N-dealkylation sites (N-methyl/N-ethyl adjacent to an activating group) is 1. The van der Waals surface area contributed by atoms with Crippen LogP contribution in [0.25, 0.3) is 0 Å². The van der Waals surface area contributed by atoms with E-state index in [-0.39, 0.29) is 61.2 Å². The van der Waals surface area contributed by atoms with Crippen LogP contribution in [0, 0.1) is 23.2 Å². The molecule has 5 aliphatic rings. The quantitative estimate of drug-likeness (QED) is 0.346. The summed E-state index contributed by atoms with van der Waals surface area (Å²) in [6.07, 6.45) is -0.848. The molecule has 5 rings (SSSR count). The lowest BCUT2D eigenvalue weighted by atomic mass is 9.70. The third kappa shape index (κ3) is 6.92. The predicted octanol–water partition coefficient (Wildman–Crippen LogP) is 3.58. The molecule has 11 heteroatoms. The number of hydrogen-bond acceptors (Lipinski definition) is 11. The van der Waals surface area contributed by atoms with Crippen LogP contribution >= 0.6 is 0 Å². The maximum atomic E-state index is 14.6. The number of fused-ring (bicyclic) bond motifs is 10. The van der Waals surface area contributed by atoms with E-state index < -0.39 is 53.1 Å². The van der Waals surface area contributed by atoms with Crippen LogP contribution in [0.1, 0.15) is 93.9 Å². The first-order valence-electron chi connectivity index (χ1n) is 17.4. The van der Waals surface area contributed by atoms with Crippen LogP contribution in [-0.2, 0) is 38.1 Å². The maximum Gasteiger partial charge on any atom is 0.319 e. The molecule has 1 N–H and O–H groups in total. The lowest BCUT2D eigenvalue weighted by Gasteiger charge is -2.49. The minimum atomic E-state index is -1.53. The van der Waals surface area contributed by atoms with Gasteiger partial charge in [0.25, 0.3) is 0 Å². The molecule has 0 radical (unpaired) electrons. The van der Waals surface area contributed by atoms with Gasteiger partial charge >= 0.3 is 11.9 Å². The molecule has 0 aromatic rings. The topological polar surface area (TPSA) is 124 Å². The number of aliphatic hydroxyl groups is 1. The third-order valence-electron chi connectivity index (χ3n) is 11.7. The largest absolute Gasteiger partial charge is 0.457 e. The number of hydrogen-bond donors (Lipinski definition) is 1. The summed E-state index contributed by atoms with van der Waals surface area (Å²) >= 11 is 0. The molecule has 0 aliphatic carbocycles. The van der Waals surface area contributed by atoms with Gasteiger partial charge < -0.3 is 38.6 Å². The summed E-state index contributed by atoms with van der Waals surface area (Å²) in [4.78, 5) is 45.8. The van der Waals surface area contributed by atoms with Crippen molar-refractivity contribution in [2.24, 2.45) is 23.2 Å². The third-order valence-corrected chi connectivity index (χ3v) is 11.7. The highest BCUT2D eigenvalue weighted by atomic mass is 16.7. The molecule has 4 unspecified atom stereocenters. The Bertz CT molecular complexity index is 1120. The standard InChI is InChI=1S/C35H60N2O9/c1-12-23-16-25(36(9)10)28(39)31(43-23)45-30-21(4)29(40)33(6)14-15-42-34(30,7)18-20(3)19-37(11)22(5)24-17-27(38)46-35(24,8)26(13-2)44-32(33)41/h20-26,28,30-31,39H,12-19H2,1-11H3/t20-,21+,22-,23?,24-,25?,26-,28?,30-,31+,33?,34+,35+/m1/s1. The Balaban J connectivity index is 1.79. The van der Waals surface area contributed by atoms with Crippen molar-refractivity contribution in [2.45, 2.75) is 148 Å². The molecular formula is C35H60N2O9. The first-order chi connectivity index (χ1) is 21.4. The Labute approximate surface area is 275 Å². The molecule has 0 amide bonds. The van der Waals surface area contributed by atoms with Crippen LogP contribution in [0.3, 0.4) is 0 Å².